The number of carbonyl (C=O) groups is 1. The number of likely N-dealkylation sites (N-methyl/N-ethyl adjacent to an activating group) is 1. The molecule has 0 radical (unpaired) electrons. The smallest absolute Gasteiger partial charge is 0.269 e. The first-order valence-electron chi connectivity index (χ1n) is 7.02. The van der Waals surface area contributed by atoms with Crippen molar-refractivity contribution in [2.24, 2.45) is 5.73 Å². The molecule has 1 aromatic carbocycles. The summed E-state index contributed by atoms with van der Waals surface area (Å²) in [4.78, 5) is 13.1. The summed E-state index contributed by atoms with van der Waals surface area (Å²) in [6, 6.07) is 14.1. The van der Waals surface area contributed by atoms with Gasteiger partial charge in [-0.15, -0.1) is 10.2 Å². The largest absolute Gasteiger partial charge is 0.364 e. The zero-order chi connectivity index (χ0) is 15.2. The second kappa shape index (κ2) is 6.83. The Hall–Kier alpha value is -2.43. The van der Waals surface area contributed by atoms with Gasteiger partial charge in [-0.3, -0.25) is 4.79 Å². The van der Waals surface area contributed by atoms with Gasteiger partial charge >= 0.3 is 0 Å². The molecule has 2 N–H and O–H groups in total. The van der Waals surface area contributed by atoms with Gasteiger partial charge in [0, 0.05) is 13.1 Å². The number of aromatic nitrogens is 2. The van der Waals surface area contributed by atoms with Gasteiger partial charge in [-0.2, -0.15) is 0 Å². The van der Waals surface area contributed by atoms with Gasteiger partial charge in [0.05, 0.1) is 0 Å². The predicted octanol–water partition coefficient (Wildman–Crippen LogP) is 2.03. The SMILES string of the molecule is CC[C@H](Cc1ccccc1)N(C)c1ccc(C(N)=O)nn1. The fourth-order valence-corrected chi connectivity index (χ4v) is 2.27. The maximum absolute atomic E-state index is 11.0. The molecule has 0 aliphatic carbocycles. The minimum Gasteiger partial charge on any atom is -0.364 e. The van der Waals surface area contributed by atoms with Crippen molar-refractivity contribution in [3.8, 4) is 0 Å². The molecule has 110 valence electrons. The zero-order valence-electron chi connectivity index (χ0n) is 12.4. The molecule has 1 aromatic heterocycles. The fourth-order valence-electron chi connectivity index (χ4n) is 2.27. The van der Waals surface area contributed by atoms with Crippen LogP contribution >= 0.6 is 0 Å². The third-order valence-electron chi connectivity index (χ3n) is 3.60. The monoisotopic (exact) mass is 284 g/mol. The molecule has 0 saturated carbocycles. The van der Waals surface area contributed by atoms with Crippen LogP contribution in [0.15, 0.2) is 42.5 Å². The molecule has 0 aliphatic rings. The molecule has 2 rings (SSSR count). The highest BCUT2D eigenvalue weighted by Gasteiger charge is 2.16. The Kier molecular flexibility index (Phi) is 4.87. The first kappa shape index (κ1) is 15.0. The van der Waals surface area contributed by atoms with Gasteiger partial charge in [-0.1, -0.05) is 37.3 Å². The molecular weight excluding hydrogens is 264 g/mol. The van der Waals surface area contributed by atoms with E-state index in [-0.39, 0.29) is 5.69 Å². The van der Waals surface area contributed by atoms with E-state index >= 15 is 0 Å². The van der Waals surface area contributed by atoms with Crippen LogP contribution in [-0.4, -0.2) is 29.2 Å². The van der Waals surface area contributed by atoms with Crippen molar-refractivity contribution >= 4 is 11.7 Å². The van der Waals surface area contributed by atoms with Crippen molar-refractivity contribution in [2.75, 3.05) is 11.9 Å². The lowest BCUT2D eigenvalue weighted by Crippen LogP contribution is -2.34. The van der Waals surface area contributed by atoms with Crippen molar-refractivity contribution in [2.45, 2.75) is 25.8 Å². The normalized spacial score (nSPS) is 11.9. The van der Waals surface area contributed by atoms with Crippen LogP contribution in [0.5, 0.6) is 0 Å². The fraction of sp³-hybridized carbons (Fsp3) is 0.312. The van der Waals surface area contributed by atoms with Crippen molar-refractivity contribution in [3.63, 3.8) is 0 Å². The first-order chi connectivity index (χ1) is 10.1. The molecule has 5 heteroatoms. The van der Waals surface area contributed by atoms with E-state index in [2.05, 4.69) is 34.2 Å². The van der Waals surface area contributed by atoms with Gasteiger partial charge in [0.25, 0.3) is 5.91 Å². The number of rotatable bonds is 6. The van der Waals surface area contributed by atoms with Crippen LogP contribution in [0.3, 0.4) is 0 Å². The van der Waals surface area contributed by atoms with E-state index in [0.717, 1.165) is 18.7 Å². The van der Waals surface area contributed by atoms with E-state index in [0.29, 0.717) is 6.04 Å². The lowest BCUT2D eigenvalue weighted by molar-refractivity contribution is 0.0994. The molecule has 0 spiro atoms. The zero-order valence-corrected chi connectivity index (χ0v) is 12.4. The van der Waals surface area contributed by atoms with E-state index in [1.54, 1.807) is 12.1 Å². The summed E-state index contributed by atoms with van der Waals surface area (Å²) < 4.78 is 0. The van der Waals surface area contributed by atoms with Crippen molar-refractivity contribution in [3.05, 3.63) is 53.7 Å². The van der Waals surface area contributed by atoms with Gasteiger partial charge in [0.1, 0.15) is 0 Å². The van der Waals surface area contributed by atoms with E-state index in [9.17, 15) is 4.79 Å². The van der Waals surface area contributed by atoms with Crippen LogP contribution in [0.1, 0.15) is 29.4 Å². The Morgan fingerprint density at radius 1 is 1.19 bits per heavy atom. The standard InChI is InChI=1S/C16H20N4O/c1-3-13(11-12-7-5-4-6-8-12)20(2)15-10-9-14(16(17)21)18-19-15/h4-10,13H,3,11H2,1-2H3,(H2,17,21)/t13-/m1/s1. The summed E-state index contributed by atoms with van der Waals surface area (Å²) in [5.41, 5.74) is 6.65. The lowest BCUT2D eigenvalue weighted by atomic mass is 10.0. The van der Waals surface area contributed by atoms with Gasteiger partial charge < -0.3 is 10.6 Å². The molecule has 1 atom stereocenters. The lowest BCUT2D eigenvalue weighted by Gasteiger charge is -2.28. The summed E-state index contributed by atoms with van der Waals surface area (Å²) in [6.45, 7) is 2.15. The Morgan fingerprint density at radius 3 is 2.43 bits per heavy atom. The van der Waals surface area contributed by atoms with Gasteiger partial charge in [0.2, 0.25) is 0 Å². The molecule has 0 bridgehead atoms. The number of nitrogens with two attached hydrogens (primary N) is 1. The minimum atomic E-state index is -0.562. The Labute approximate surface area is 124 Å². The molecule has 0 aliphatic heterocycles. The molecule has 0 unspecified atom stereocenters. The van der Waals surface area contributed by atoms with E-state index in [1.807, 2.05) is 25.2 Å². The van der Waals surface area contributed by atoms with Gasteiger partial charge in [-0.05, 0) is 30.5 Å². The Balaban J connectivity index is 2.12. The number of anilines is 1. The molecule has 0 fully saturated rings. The molecule has 1 amide bonds. The number of hydrogen-bond acceptors (Lipinski definition) is 4. The minimum absolute atomic E-state index is 0.184. The van der Waals surface area contributed by atoms with E-state index in [4.69, 9.17) is 5.73 Å². The highest BCUT2D eigenvalue weighted by atomic mass is 16.1. The van der Waals surface area contributed by atoms with Crippen LogP contribution in [-0.2, 0) is 6.42 Å². The first-order valence-corrected chi connectivity index (χ1v) is 7.02. The summed E-state index contributed by atoms with van der Waals surface area (Å²) in [5, 5.41) is 7.94. The number of primary amides is 1. The highest BCUT2D eigenvalue weighted by molar-refractivity contribution is 5.90. The quantitative estimate of drug-likeness (QED) is 0.881. The van der Waals surface area contributed by atoms with Crippen LogP contribution < -0.4 is 10.6 Å². The summed E-state index contributed by atoms with van der Waals surface area (Å²) in [7, 11) is 1.99. The summed E-state index contributed by atoms with van der Waals surface area (Å²) >= 11 is 0. The number of hydrogen-bond donors (Lipinski definition) is 1. The molecule has 0 saturated heterocycles. The molecule has 2 aromatic rings. The third-order valence-corrected chi connectivity index (χ3v) is 3.60. The van der Waals surface area contributed by atoms with Crippen molar-refractivity contribution in [1.82, 2.24) is 10.2 Å². The third kappa shape index (κ3) is 3.78. The maximum Gasteiger partial charge on any atom is 0.269 e. The Bertz CT molecular complexity index is 583. The second-order valence-electron chi connectivity index (χ2n) is 5.00. The molecule has 5 nitrogen and oxygen atoms in total. The summed E-state index contributed by atoms with van der Waals surface area (Å²) in [5.74, 6) is 0.177. The second-order valence-corrected chi connectivity index (χ2v) is 5.00. The number of nitrogens with zero attached hydrogens (tertiary/aromatic N) is 3. The molecule has 1 heterocycles. The predicted molar refractivity (Wildman–Crippen MR) is 83.2 cm³/mol. The average molecular weight is 284 g/mol. The van der Waals surface area contributed by atoms with Crippen molar-refractivity contribution < 1.29 is 4.79 Å². The molecule has 21 heavy (non-hydrogen) atoms. The van der Waals surface area contributed by atoms with Gasteiger partial charge in [0.15, 0.2) is 11.5 Å². The van der Waals surface area contributed by atoms with Crippen LogP contribution in [0, 0.1) is 0 Å². The Morgan fingerprint density at radius 2 is 1.90 bits per heavy atom. The number of amides is 1. The van der Waals surface area contributed by atoms with Crippen molar-refractivity contribution in [1.29, 1.82) is 0 Å². The topological polar surface area (TPSA) is 72.1 Å². The molecular formula is C16H20N4O. The maximum atomic E-state index is 11.0. The van der Waals surface area contributed by atoms with E-state index in [1.165, 1.54) is 5.56 Å². The van der Waals surface area contributed by atoms with Gasteiger partial charge in [-0.25, -0.2) is 0 Å². The number of benzene rings is 1. The number of carbonyl (C=O) groups excluding carboxylic acids is 1. The summed E-state index contributed by atoms with van der Waals surface area (Å²) in [6.07, 6.45) is 1.93. The van der Waals surface area contributed by atoms with Crippen LogP contribution in [0.4, 0.5) is 5.82 Å². The van der Waals surface area contributed by atoms with Crippen LogP contribution in [0.2, 0.25) is 0 Å². The van der Waals surface area contributed by atoms with E-state index < -0.39 is 5.91 Å². The highest BCUT2D eigenvalue weighted by Crippen LogP contribution is 2.17. The van der Waals surface area contributed by atoms with Crippen LogP contribution in [0.25, 0.3) is 0 Å². The average Bonchev–Trinajstić information content (AvgIpc) is 2.53.